The van der Waals surface area contributed by atoms with Crippen molar-refractivity contribution in [3.8, 4) is 0 Å². The molecular weight excluding hydrogens is 264 g/mol. The van der Waals surface area contributed by atoms with Crippen LogP contribution in [0.5, 0.6) is 0 Å². The highest BCUT2D eigenvalue weighted by Crippen LogP contribution is 2.23. The van der Waals surface area contributed by atoms with Crippen molar-refractivity contribution in [2.24, 2.45) is 0 Å². The smallest absolute Gasteiger partial charge is 0.348 e. The Morgan fingerprint density at radius 3 is 2.47 bits per heavy atom. The van der Waals surface area contributed by atoms with E-state index in [4.69, 9.17) is 5.11 Å². The van der Waals surface area contributed by atoms with Crippen molar-refractivity contribution in [1.29, 1.82) is 0 Å². The number of hydrogen-bond donors (Lipinski definition) is 3. The Morgan fingerprint density at radius 2 is 2.00 bits per heavy atom. The Morgan fingerprint density at radius 1 is 1.41 bits per heavy atom. The molecule has 0 aromatic carbocycles. The van der Waals surface area contributed by atoms with Gasteiger partial charge in [-0.25, -0.2) is 4.79 Å². The zero-order valence-electron chi connectivity index (χ0n) is 9.64. The Bertz CT molecular complexity index is 513. The van der Waals surface area contributed by atoms with Gasteiger partial charge in [0.15, 0.2) is 0 Å². The van der Waals surface area contributed by atoms with Crippen molar-refractivity contribution in [3.63, 3.8) is 0 Å². The molecule has 0 unspecified atom stereocenters. The summed E-state index contributed by atoms with van der Waals surface area (Å²) in [6.07, 6.45) is 0. The predicted molar refractivity (Wildman–Crippen MR) is 66.7 cm³/mol. The molecule has 0 fully saturated rings. The van der Waals surface area contributed by atoms with E-state index in [-0.39, 0.29) is 10.6 Å². The van der Waals surface area contributed by atoms with Crippen LogP contribution in [0.4, 0.5) is 5.69 Å². The van der Waals surface area contributed by atoms with E-state index in [9.17, 15) is 13.2 Å². The van der Waals surface area contributed by atoms with E-state index in [1.807, 2.05) is 0 Å². The Balaban J connectivity index is 2.91. The van der Waals surface area contributed by atoms with Gasteiger partial charge >= 0.3 is 5.97 Å². The van der Waals surface area contributed by atoms with Crippen molar-refractivity contribution in [3.05, 3.63) is 16.3 Å². The van der Waals surface area contributed by atoms with Gasteiger partial charge in [0, 0.05) is 5.54 Å². The Hall–Kier alpha value is -1.12. The predicted octanol–water partition coefficient (Wildman–Crippen LogP) is 1.49. The fourth-order valence-electron chi connectivity index (χ4n) is 1.13. The molecule has 17 heavy (non-hydrogen) atoms. The van der Waals surface area contributed by atoms with E-state index in [1.165, 1.54) is 11.4 Å². The lowest BCUT2D eigenvalue weighted by Crippen LogP contribution is -2.43. The summed E-state index contributed by atoms with van der Waals surface area (Å²) in [5, 5.41) is 10.4. The zero-order valence-corrected chi connectivity index (χ0v) is 11.3. The molecule has 0 aliphatic carbocycles. The summed E-state index contributed by atoms with van der Waals surface area (Å²) in [6, 6.07) is 1.41. The molecule has 0 bridgehead atoms. The van der Waals surface area contributed by atoms with Gasteiger partial charge < -0.3 is 5.11 Å². The minimum absolute atomic E-state index is 0.0377. The van der Waals surface area contributed by atoms with E-state index in [2.05, 4.69) is 9.44 Å². The molecule has 0 radical (unpaired) electrons. The third kappa shape index (κ3) is 4.33. The molecular formula is C9H14N2O4S2. The maximum Gasteiger partial charge on any atom is 0.348 e. The number of carbonyl (C=O) groups is 1. The molecule has 6 nitrogen and oxygen atoms in total. The third-order valence-electron chi connectivity index (χ3n) is 1.54. The molecule has 1 aromatic heterocycles. The fourth-order valence-corrected chi connectivity index (χ4v) is 3.20. The maximum atomic E-state index is 11.7. The monoisotopic (exact) mass is 278 g/mol. The second-order valence-corrected chi connectivity index (χ2v) is 6.76. The topological polar surface area (TPSA) is 95.5 Å². The summed E-state index contributed by atoms with van der Waals surface area (Å²) in [5.74, 6) is -1.16. The average molecular weight is 278 g/mol. The molecule has 0 aliphatic heterocycles. The molecule has 0 saturated heterocycles. The number of hydrogen-bond acceptors (Lipinski definition) is 4. The first kappa shape index (κ1) is 13.9. The van der Waals surface area contributed by atoms with Crippen molar-refractivity contribution in [2.45, 2.75) is 26.3 Å². The summed E-state index contributed by atoms with van der Waals surface area (Å²) < 4.78 is 27.9. The molecule has 3 N–H and O–H groups in total. The number of rotatable bonds is 4. The Kier molecular flexibility index (Phi) is 3.80. The van der Waals surface area contributed by atoms with Crippen LogP contribution in [0.1, 0.15) is 30.4 Å². The van der Waals surface area contributed by atoms with Crippen molar-refractivity contribution < 1.29 is 18.3 Å². The summed E-state index contributed by atoms with van der Waals surface area (Å²) in [7, 11) is -3.77. The van der Waals surface area contributed by atoms with Crippen LogP contribution in [0.3, 0.4) is 0 Å². The first-order valence-corrected chi connectivity index (χ1v) is 7.09. The van der Waals surface area contributed by atoms with Crippen LogP contribution >= 0.6 is 11.3 Å². The maximum absolute atomic E-state index is 11.7. The highest BCUT2D eigenvalue weighted by atomic mass is 32.2. The number of aromatic carboxylic acids is 1. The van der Waals surface area contributed by atoms with Crippen LogP contribution in [0.2, 0.25) is 0 Å². The lowest BCUT2D eigenvalue weighted by molar-refractivity contribution is 0.0703. The molecule has 0 aliphatic rings. The van der Waals surface area contributed by atoms with E-state index in [0.717, 1.165) is 11.3 Å². The van der Waals surface area contributed by atoms with Gasteiger partial charge in [-0.2, -0.15) is 13.1 Å². The highest BCUT2D eigenvalue weighted by molar-refractivity contribution is 7.90. The molecule has 1 aromatic rings. The number of anilines is 1. The first-order valence-electron chi connectivity index (χ1n) is 4.73. The summed E-state index contributed by atoms with van der Waals surface area (Å²) >= 11 is 0.962. The normalized spacial score (nSPS) is 12.4. The summed E-state index contributed by atoms with van der Waals surface area (Å²) in [5.41, 5.74) is -0.565. The molecule has 8 heteroatoms. The van der Waals surface area contributed by atoms with E-state index in [0.29, 0.717) is 0 Å². The molecule has 1 heterocycles. The van der Waals surface area contributed by atoms with Gasteiger partial charge in [0.05, 0.1) is 5.69 Å². The van der Waals surface area contributed by atoms with Crippen LogP contribution in [-0.2, 0) is 10.2 Å². The average Bonchev–Trinajstić information content (AvgIpc) is 2.45. The standard InChI is InChI=1S/C9H14N2O4S2/c1-9(2,3)11-17(14,15)10-6-4-5-16-7(6)8(12)13/h4-5,10-11H,1-3H3,(H,12,13). The summed E-state index contributed by atoms with van der Waals surface area (Å²) in [4.78, 5) is 10.8. The van der Waals surface area contributed by atoms with E-state index >= 15 is 0 Å². The minimum atomic E-state index is -3.77. The largest absolute Gasteiger partial charge is 0.477 e. The first-order chi connectivity index (χ1) is 7.61. The van der Waals surface area contributed by atoms with E-state index < -0.39 is 21.7 Å². The van der Waals surface area contributed by atoms with Gasteiger partial charge in [0.2, 0.25) is 0 Å². The van der Waals surface area contributed by atoms with Gasteiger partial charge in [-0.15, -0.1) is 11.3 Å². The van der Waals surface area contributed by atoms with Crippen molar-refractivity contribution >= 4 is 33.2 Å². The van der Waals surface area contributed by atoms with Crippen LogP contribution in [-0.4, -0.2) is 25.0 Å². The van der Waals surface area contributed by atoms with Crippen LogP contribution in [0.25, 0.3) is 0 Å². The third-order valence-corrected chi connectivity index (χ3v) is 3.82. The lowest BCUT2D eigenvalue weighted by atomic mass is 10.1. The Labute approximate surface area is 104 Å². The molecule has 96 valence electrons. The van der Waals surface area contributed by atoms with Gasteiger partial charge in [-0.3, -0.25) is 4.72 Å². The SMILES string of the molecule is CC(C)(C)NS(=O)(=O)Nc1ccsc1C(=O)O. The van der Waals surface area contributed by atoms with Crippen LogP contribution in [0.15, 0.2) is 11.4 Å². The minimum Gasteiger partial charge on any atom is -0.477 e. The van der Waals surface area contributed by atoms with Crippen LogP contribution < -0.4 is 9.44 Å². The van der Waals surface area contributed by atoms with Gasteiger partial charge in [0.1, 0.15) is 4.88 Å². The molecule has 0 atom stereocenters. The summed E-state index contributed by atoms with van der Waals surface area (Å²) in [6.45, 7) is 5.08. The van der Waals surface area contributed by atoms with Gasteiger partial charge in [0.25, 0.3) is 10.2 Å². The number of carboxylic acid groups (broad SMARTS) is 1. The van der Waals surface area contributed by atoms with Crippen LogP contribution in [0, 0.1) is 0 Å². The fraction of sp³-hybridized carbons (Fsp3) is 0.444. The second kappa shape index (κ2) is 4.63. The highest BCUT2D eigenvalue weighted by Gasteiger charge is 2.22. The van der Waals surface area contributed by atoms with E-state index in [1.54, 1.807) is 20.8 Å². The molecule has 0 spiro atoms. The molecule has 0 saturated carbocycles. The zero-order chi connectivity index (χ0) is 13.3. The number of nitrogens with one attached hydrogen (secondary N) is 2. The molecule has 0 amide bonds. The lowest BCUT2D eigenvalue weighted by Gasteiger charge is -2.20. The van der Waals surface area contributed by atoms with Crippen molar-refractivity contribution in [1.82, 2.24) is 4.72 Å². The number of thiophene rings is 1. The van der Waals surface area contributed by atoms with Gasteiger partial charge in [-0.05, 0) is 32.2 Å². The quantitative estimate of drug-likeness (QED) is 0.777. The molecule has 1 rings (SSSR count). The number of carboxylic acids is 1. The van der Waals surface area contributed by atoms with Gasteiger partial charge in [-0.1, -0.05) is 0 Å². The van der Waals surface area contributed by atoms with Crippen molar-refractivity contribution in [2.75, 3.05) is 4.72 Å². The second-order valence-electron chi connectivity index (χ2n) is 4.43.